The second-order valence-electron chi connectivity index (χ2n) is 16.4. The van der Waals surface area contributed by atoms with Gasteiger partial charge in [0.25, 0.3) is 6.47 Å². The van der Waals surface area contributed by atoms with Gasteiger partial charge in [-0.25, -0.2) is 0 Å². The van der Waals surface area contributed by atoms with Crippen LogP contribution in [0.5, 0.6) is 0 Å². The lowest BCUT2D eigenvalue weighted by molar-refractivity contribution is -0.435. The topological polar surface area (TPSA) is 126 Å². The summed E-state index contributed by atoms with van der Waals surface area (Å²) in [6.07, 6.45) is 7.49. The number of hydrogen-bond acceptors (Lipinski definition) is 7. The fourth-order valence-corrected chi connectivity index (χ4v) is 9.88. The number of furan rings is 1. The molecular weight excluding hydrogens is 755 g/mol. The Hall–Kier alpha value is -6.81. The zero-order valence-electron chi connectivity index (χ0n) is 34.5. The summed E-state index contributed by atoms with van der Waals surface area (Å²) in [5, 5.41) is 28.3. The summed E-state index contributed by atoms with van der Waals surface area (Å²) in [6, 6.07) is 32.3. The van der Waals surface area contributed by atoms with Crippen molar-refractivity contribution in [1.82, 2.24) is 0 Å². The smallest absolute Gasteiger partial charge is 0.433 e. The lowest BCUT2D eigenvalue weighted by Gasteiger charge is -2.29. The van der Waals surface area contributed by atoms with E-state index in [9.17, 15) is 24.8 Å². The van der Waals surface area contributed by atoms with Crippen LogP contribution in [0.4, 0.5) is 17.3 Å². The summed E-state index contributed by atoms with van der Waals surface area (Å²) >= 11 is 0. The minimum atomic E-state index is -0.853. The van der Waals surface area contributed by atoms with E-state index in [4.69, 9.17) is 9.15 Å². The largest absolute Gasteiger partial charge is 0.481 e. The van der Waals surface area contributed by atoms with Gasteiger partial charge in [-0.05, 0) is 91.1 Å². The van der Waals surface area contributed by atoms with Gasteiger partial charge in [0.05, 0.1) is 29.1 Å². The van der Waals surface area contributed by atoms with Crippen LogP contribution in [0.3, 0.4) is 0 Å². The molecule has 8 rings (SSSR count). The highest BCUT2D eigenvalue weighted by Gasteiger charge is 2.49. The molecule has 60 heavy (non-hydrogen) atoms. The Morgan fingerprint density at radius 1 is 0.917 bits per heavy atom. The Labute approximate surface area is 348 Å². The van der Waals surface area contributed by atoms with Crippen LogP contribution in [0.25, 0.3) is 32.3 Å². The van der Waals surface area contributed by atoms with E-state index in [1.165, 1.54) is 17.0 Å². The molecule has 1 aromatic heterocycles. The third kappa shape index (κ3) is 6.75. The van der Waals surface area contributed by atoms with Gasteiger partial charge in [0.2, 0.25) is 5.69 Å². The monoisotopic (exact) mass is 802 g/mol. The number of hydrogen-bond donors (Lipinski definition) is 1. The van der Waals surface area contributed by atoms with Crippen molar-refractivity contribution in [3.63, 3.8) is 0 Å². The number of benzene rings is 5. The van der Waals surface area contributed by atoms with Crippen LogP contribution < -0.4 is 4.90 Å². The maximum Gasteiger partial charge on any atom is 0.433 e. The number of carbonyl (C=O) groups excluding carboxylic acids is 1. The van der Waals surface area contributed by atoms with Crippen molar-refractivity contribution in [3.8, 4) is 0 Å². The van der Waals surface area contributed by atoms with Crippen molar-refractivity contribution in [2.45, 2.75) is 64.7 Å². The zero-order valence-corrected chi connectivity index (χ0v) is 34.5. The van der Waals surface area contributed by atoms with Gasteiger partial charge in [0.15, 0.2) is 12.3 Å². The van der Waals surface area contributed by atoms with Gasteiger partial charge < -0.3 is 19.2 Å². The number of nitrogens with zero attached hydrogens (tertiary/aromatic N) is 3. The first kappa shape index (κ1) is 40.0. The zero-order chi connectivity index (χ0) is 42.3. The molecule has 0 spiro atoms. The van der Waals surface area contributed by atoms with E-state index in [-0.39, 0.29) is 18.9 Å². The van der Waals surface area contributed by atoms with Crippen LogP contribution in [-0.4, -0.2) is 52.5 Å². The number of anilines is 1. The van der Waals surface area contributed by atoms with Crippen LogP contribution in [0.15, 0.2) is 137 Å². The minimum absolute atomic E-state index is 0.0215. The van der Waals surface area contributed by atoms with Crippen molar-refractivity contribution in [2.75, 3.05) is 24.6 Å². The lowest BCUT2D eigenvalue weighted by Crippen LogP contribution is -2.32. The Kier molecular flexibility index (Phi) is 10.5. The second-order valence-corrected chi connectivity index (χ2v) is 16.4. The molecule has 3 heterocycles. The molecule has 2 aliphatic rings. The molecule has 0 saturated carbocycles. The molecule has 304 valence electrons. The number of carbonyl (C=O) groups is 2. The molecule has 10 heteroatoms. The number of rotatable bonds is 14. The molecule has 10 nitrogen and oxygen atoms in total. The van der Waals surface area contributed by atoms with E-state index in [1.807, 2.05) is 18.2 Å². The van der Waals surface area contributed by atoms with E-state index < -0.39 is 21.7 Å². The summed E-state index contributed by atoms with van der Waals surface area (Å²) in [5.74, 6) is -0.681. The van der Waals surface area contributed by atoms with Gasteiger partial charge in [-0.3, -0.25) is 19.7 Å². The van der Waals surface area contributed by atoms with Crippen molar-refractivity contribution in [3.05, 3.63) is 159 Å². The Balaban J connectivity index is 1.30. The fraction of sp³-hybridized carbons (Fsp3) is 0.260. The predicted octanol–water partition coefficient (Wildman–Crippen LogP) is 10.9. The maximum absolute atomic E-state index is 12.1. The standard InChI is InChI=1S/C50H47N3O7/c1-6-33(29-32(2)48-49(3,4)45-39-17-11-9-15-37(39)38-16-10-12-18-40(38)47(45)52(48)26-25-44(55)56)19-23-42-50(5,30-35-21-24-43(60-35)53(57)58)41-22-20-34-13-7-8-14-36(34)46(41)51(42)27-28-59-31-54/h7-24,29,31H,6,25-28,30H2,1-5H3/p+1. The van der Waals surface area contributed by atoms with Crippen LogP contribution in [0, 0.1) is 10.1 Å². The summed E-state index contributed by atoms with van der Waals surface area (Å²) < 4.78 is 13.3. The second kappa shape index (κ2) is 15.7. The van der Waals surface area contributed by atoms with Crippen molar-refractivity contribution in [2.24, 2.45) is 0 Å². The molecule has 6 aromatic rings. The summed E-state index contributed by atoms with van der Waals surface area (Å²) in [5.41, 5.74) is 7.17. The lowest BCUT2D eigenvalue weighted by atomic mass is 9.76. The molecule has 5 aromatic carbocycles. The third-order valence-electron chi connectivity index (χ3n) is 12.3. The van der Waals surface area contributed by atoms with E-state index in [1.54, 1.807) is 6.07 Å². The van der Waals surface area contributed by atoms with Crippen LogP contribution in [0.2, 0.25) is 0 Å². The highest BCUT2D eigenvalue weighted by atomic mass is 16.6. The van der Waals surface area contributed by atoms with Crippen molar-refractivity contribution < 1.29 is 33.3 Å². The molecular formula is C50H48N3O7+. The maximum atomic E-state index is 12.1. The van der Waals surface area contributed by atoms with Gasteiger partial charge in [-0.15, -0.1) is 0 Å². The van der Waals surface area contributed by atoms with Crippen molar-refractivity contribution >= 4 is 67.7 Å². The van der Waals surface area contributed by atoms with Gasteiger partial charge >= 0.3 is 11.9 Å². The van der Waals surface area contributed by atoms with E-state index >= 15 is 0 Å². The highest BCUT2D eigenvalue weighted by Crippen LogP contribution is 2.53. The Morgan fingerprint density at radius 3 is 2.25 bits per heavy atom. The third-order valence-corrected chi connectivity index (χ3v) is 12.3. The first-order valence-corrected chi connectivity index (χ1v) is 20.4. The first-order valence-electron chi connectivity index (χ1n) is 20.4. The molecule has 0 saturated heterocycles. The van der Waals surface area contributed by atoms with E-state index in [2.05, 4.69) is 129 Å². The first-order chi connectivity index (χ1) is 28.9. The molecule has 0 aliphatic carbocycles. The molecule has 1 N–H and O–H groups in total. The van der Waals surface area contributed by atoms with Gasteiger partial charge in [-0.2, -0.15) is 4.58 Å². The number of ether oxygens (including phenoxy) is 1. The predicted molar refractivity (Wildman–Crippen MR) is 236 cm³/mol. The van der Waals surface area contributed by atoms with Crippen LogP contribution in [-0.2, 0) is 31.6 Å². The molecule has 0 amide bonds. The molecule has 0 bridgehead atoms. The Bertz CT molecular complexity index is 2860. The summed E-state index contributed by atoms with van der Waals surface area (Å²) in [4.78, 5) is 36.9. The average Bonchev–Trinajstić information content (AvgIpc) is 3.87. The van der Waals surface area contributed by atoms with Gasteiger partial charge in [0.1, 0.15) is 23.7 Å². The molecule has 1 unspecified atom stereocenters. The number of carboxylic acid groups (broad SMARTS) is 1. The number of carboxylic acids is 1. The fourth-order valence-electron chi connectivity index (χ4n) is 9.88. The molecule has 0 fully saturated rings. The van der Waals surface area contributed by atoms with Crippen LogP contribution in [0.1, 0.15) is 64.3 Å². The molecule has 1 atom stereocenters. The highest BCUT2D eigenvalue weighted by molar-refractivity contribution is 6.19. The normalized spacial score (nSPS) is 18.1. The van der Waals surface area contributed by atoms with E-state index in [0.29, 0.717) is 38.2 Å². The Morgan fingerprint density at radius 2 is 1.58 bits per heavy atom. The number of fused-ring (bicyclic) bond motifs is 9. The summed E-state index contributed by atoms with van der Waals surface area (Å²) in [7, 11) is 0. The summed E-state index contributed by atoms with van der Waals surface area (Å²) in [6.45, 7) is 12.1. The number of nitro groups is 1. The number of allylic oxidation sites excluding steroid dienone is 6. The number of aliphatic carboxylic acids is 1. The van der Waals surface area contributed by atoms with Gasteiger partial charge in [0, 0.05) is 34.1 Å². The quantitative estimate of drug-likeness (QED) is 0.0219. The van der Waals surface area contributed by atoms with Crippen molar-refractivity contribution in [1.29, 1.82) is 0 Å². The van der Waals surface area contributed by atoms with Gasteiger partial charge in [-0.1, -0.05) is 91.9 Å². The SMILES string of the molecule is CCC(=C\C=C1/N(CCOC=O)c2c(ccc3ccccc23)C1(C)Cc1ccc([N+](=O)[O-])o1)/C=C(\C)C1=[N+](CCC(=O)O)c2c(c3ccccc3c3ccccc23)C1(C)C. The minimum Gasteiger partial charge on any atom is -0.481 e. The average molecular weight is 803 g/mol. The molecule has 2 aliphatic heterocycles. The van der Waals surface area contributed by atoms with E-state index in [0.717, 1.165) is 66.4 Å². The molecule has 0 radical (unpaired) electrons. The van der Waals surface area contributed by atoms with Crippen LogP contribution >= 0.6 is 0 Å².